The quantitative estimate of drug-likeness (QED) is 0.410. The highest BCUT2D eigenvalue weighted by Crippen LogP contribution is 2.27. The minimum Gasteiger partial charge on any atom is -0.494 e. The molecule has 11 heteroatoms. The number of pyridine rings is 1. The molecule has 0 saturated heterocycles. The summed E-state index contributed by atoms with van der Waals surface area (Å²) in [4.78, 5) is 32.3. The monoisotopic (exact) mass is 537 g/mol. The van der Waals surface area contributed by atoms with E-state index in [2.05, 4.69) is 10.3 Å². The van der Waals surface area contributed by atoms with Crippen LogP contribution in [0.2, 0.25) is 0 Å². The Morgan fingerprint density at radius 3 is 2.47 bits per heavy atom. The summed E-state index contributed by atoms with van der Waals surface area (Å²) in [6, 6.07) is 17.8. The van der Waals surface area contributed by atoms with Crippen LogP contribution in [0.5, 0.6) is 5.75 Å². The Hall–Kier alpha value is -4.12. The molecule has 1 atom stereocenters. The van der Waals surface area contributed by atoms with Crippen LogP contribution in [0.3, 0.4) is 0 Å². The number of hydrogen-bond acceptors (Lipinski definition) is 6. The highest BCUT2D eigenvalue weighted by atomic mass is 32.2. The van der Waals surface area contributed by atoms with Gasteiger partial charge in [0.1, 0.15) is 17.6 Å². The SMILES string of the molecule is CCOc1ccc(N(CC)C(=O)[C@H](Cc2ccccc2)NC(=O)NS(=O)(=O)N2CCc3cccnc32)cc1. The van der Waals surface area contributed by atoms with Crippen LogP contribution in [0.4, 0.5) is 16.3 Å². The Morgan fingerprint density at radius 1 is 1.05 bits per heavy atom. The van der Waals surface area contributed by atoms with Crippen molar-refractivity contribution in [2.45, 2.75) is 32.7 Å². The minimum atomic E-state index is -4.24. The van der Waals surface area contributed by atoms with Crippen molar-refractivity contribution in [1.29, 1.82) is 0 Å². The van der Waals surface area contributed by atoms with Gasteiger partial charge in [0.15, 0.2) is 0 Å². The summed E-state index contributed by atoms with van der Waals surface area (Å²) in [6.45, 7) is 4.75. The topological polar surface area (TPSA) is 121 Å². The molecule has 0 spiro atoms. The van der Waals surface area contributed by atoms with Gasteiger partial charge in [-0.1, -0.05) is 36.4 Å². The first-order chi connectivity index (χ1) is 18.3. The second kappa shape index (κ2) is 12.0. The zero-order valence-corrected chi connectivity index (χ0v) is 22.1. The highest BCUT2D eigenvalue weighted by molar-refractivity contribution is 7.91. The number of rotatable bonds is 10. The van der Waals surface area contributed by atoms with E-state index < -0.39 is 22.3 Å². The molecule has 200 valence electrons. The van der Waals surface area contributed by atoms with Gasteiger partial charge in [0.25, 0.3) is 0 Å². The summed E-state index contributed by atoms with van der Waals surface area (Å²) in [5.74, 6) is 0.597. The summed E-state index contributed by atoms with van der Waals surface area (Å²) in [5, 5.41) is 2.59. The van der Waals surface area contributed by atoms with Gasteiger partial charge >= 0.3 is 16.2 Å². The molecule has 2 heterocycles. The molecule has 10 nitrogen and oxygen atoms in total. The third kappa shape index (κ3) is 6.23. The summed E-state index contributed by atoms with van der Waals surface area (Å²) in [7, 11) is -4.24. The zero-order valence-electron chi connectivity index (χ0n) is 21.3. The van der Waals surface area contributed by atoms with Crippen molar-refractivity contribution < 1.29 is 22.7 Å². The van der Waals surface area contributed by atoms with E-state index in [0.29, 0.717) is 31.0 Å². The lowest BCUT2D eigenvalue weighted by Crippen LogP contribution is -2.55. The van der Waals surface area contributed by atoms with E-state index in [9.17, 15) is 18.0 Å². The molecule has 38 heavy (non-hydrogen) atoms. The normalized spacial score (nSPS) is 13.4. The van der Waals surface area contributed by atoms with Crippen molar-refractivity contribution in [1.82, 2.24) is 15.0 Å². The number of hydrogen-bond donors (Lipinski definition) is 2. The van der Waals surface area contributed by atoms with E-state index in [0.717, 1.165) is 15.4 Å². The molecule has 2 aromatic carbocycles. The predicted molar refractivity (Wildman–Crippen MR) is 145 cm³/mol. The van der Waals surface area contributed by atoms with E-state index in [1.807, 2.05) is 48.9 Å². The van der Waals surface area contributed by atoms with E-state index in [-0.39, 0.29) is 24.7 Å². The maximum atomic E-state index is 13.7. The minimum absolute atomic E-state index is 0.169. The van der Waals surface area contributed by atoms with Gasteiger partial charge in [-0.05, 0) is 61.7 Å². The number of carbonyl (C=O) groups is 2. The lowest BCUT2D eigenvalue weighted by molar-refractivity contribution is -0.120. The van der Waals surface area contributed by atoms with Crippen LogP contribution in [0.25, 0.3) is 0 Å². The van der Waals surface area contributed by atoms with E-state index in [4.69, 9.17) is 4.74 Å². The number of benzene rings is 2. The van der Waals surface area contributed by atoms with E-state index in [1.54, 1.807) is 41.3 Å². The number of nitrogens with one attached hydrogen (secondary N) is 2. The van der Waals surface area contributed by atoms with Crippen molar-refractivity contribution in [3.8, 4) is 5.75 Å². The van der Waals surface area contributed by atoms with Crippen molar-refractivity contribution >= 4 is 33.7 Å². The number of amides is 3. The van der Waals surface area contributed by atoms with Crippen LogP contribution in [-0.4, -0.2) is 51.1 Å². The third-order valence-electron chi connectivity index (χ3n) is 6.13. The average Bonchev–Trinajstić information content (AvgIpc) is 3.35. The van der Waals surface area contributed by atoms with Crippen LogP contribution < -0.4 is 24.0 Å². The molecule has 0 unspecified atom stereocenters. The number of nitrogens with zero attached hydrogens (tertiary/aromatic N) is 3. The maximum Gasteiger partial charge on any atom is 0.330 e. The highest BCUT2D eigenvalue weighted by Gasteiger charge is 2.33. The van der Waals surface area contributed by atoms with Gasteiger partial charge in [-0.25, -0.2) is 18.8 Å². The molecular formula is C27H31N5O5S. The Kier molecular flexibility index (Phi) is 8.47. The number of likely N-dealkylation sites (N-methyl/N-ethyl adjacent to an activating group) is 1. The van der Waals surface area contributed by atoms with Gasteiger partial charge in [0, 0.05) is 31.4 Å². The smallest absolute Gasteiger partial charge is 0.330 e. The third-order valence-corrected chi connectivity index (χ3v) is 7.51. The van der Waals surface area contributed by atoms with Crippen LogP contribution >= 0.6 is 0 Å². The van der Waals surface area contributed by atoms with E-state index in [1.165, 1.54) is 6.20 Å². The largest absolute Gasteiger partial charge is 0.494 e. The first-order valence-electron chi connectivity index (χ1n) is 12.5. The Labute approximate surface area is 222 Å². The molecule has 0 saturated carbocycles. The maximum absolute atomic E-state index is 13.7. The molecule has 4 rings (SSSR count). The standard InChI is InChI=1S/C27H31N5O5S/c1-3-31(22-12-14-23(15-13-22)37-4-2)26(33)24(19-20-9-6-5-7-10-20)29-27(34)30-38(35,36)32-18-16-21-11-8-17-28-25(21)32/h5-15,17,24H,3-4,16,18-19H2,1-2H3,(H2,29,30,34)/t24-/m0/s1. The van der Waals surface area contributed by atoms with Gasteiger partial charge < -0.3 is 15.0 Å². The summed E-state index contributed by atoms with van der Waals surface area (Å²) in [5.41, 5.74) is 2.23. The molecular weight excluding hydrogens is 506 g/mol. The number of aromatic nitrogens is 1. The number of fused-ring (bicyclic) bond motifs is 1. The van der Waals surface area contributed by atoms with Crippen LogP contribution in [0.15, 0.2) is 72.9 Å². The molecule has 1 aromatic heterocycles. The molecule has 0 radical (unpaired) electrons. The van der Waals surface area contributed by atoms with Crippen molar-refractivity contribution in [2.75, 3.05) is 28.9 Å². The fraction of sp³-hybridized carbons (Fsp3) is 0.296. The van der Waals surface area contributed by atoms with Crippen molar-refractivity contribution in [2.24, 2.45) is 0 Å². The van der Waals surface area contributed by atoms with Gasteiger partial charge in [-0.2, -0.15) is 8.42 Å². The van der Waals surface area contributed by atoms with Gasteiger partial charge in [0.05, 0.1) is 6.61 Å². The molecule has 3 aromatic rings. The van der Waals surface area contributed by atoms with E-state index >= 15 is 0 Å². The lowest BCUT2D eigenvalue weighted by atomic mass is 10.0. The second-order valence-corrected chi connectivity index (χ2v) is 10.2. The summed E-state index contributed by atoms with van der Waals surface area (Å²) < 4.78 is 34.6. The molecule has 3 amide bonds. The predicted octanol–water partition coefficient (Wildman–Crippen LogP) is 3.05. The molecule has 0 fully saturated rings. The molecule has 1 aliphatic heterocycles. The fourth-order valence-corrected chi connectivity index (χ4v) is 5.49. The first kappa shape index (κ1) is 26.9. The molecule has 0 aliphatic carbocycles. The van der Waals surface area contributed by atoms with Crippen molar-refractivity contribution in [3.63, 3.8) is 0 Å². The fourth-order valence-electron chi connectivity index (χ4n) is 4.36. The average molecular weight is 538 g/mol. The second-order valence-electron chi connectivity index (χ2n) is 8.64. The van der Waals surface area contributed by atoms with Crippen LogP contribution in [0.1, 0.15) is 25.0 Å². The molecule has 2 N–H and O–H groups in total. The summed E-state index contributed by atoms with van der Waals surface area (Å²) in [6.07, 6.45) is 2.17. The lowest BCUT2D eigenvalue weighted by Gasteiger charge is -2.28. The molecule has 0 bridgehead atoms. The number of urea groups is 1. The first-order valence-corrected chi connectivity index (χ1v) is 13.9. The number of ether oxygens (including phenoxy) is 1. The summed E-state index contributed by atoms with van der Waals surface area (Å²) >= 11 is 0. The van der Waals surface area contributed by atoms with Crippen molar-refractivity contribution in [3.05, 3.63) is 84.1 Å². The number of carbonyl (C=O) groups excluding carboxylic acids is 2. The van der Waals surface area contributed by atoms with Crippen LogP contribution in [-0.2, 0) is 27.8 Å². The Bertz CT molecular complexity index is 1370. The molecule has 1 aliphatic rings. The zero-order chi connectivity index (χ0) is 27.1. The Balaban J connectivity index is 1.53. The van der Waals surface area contributed by atoms with Gasteiger partial charge in [0.2, 0.25) is 5.91 Å². The van der Waals surface area contributed by atoms with Gasteiger partial charge in [-0.3, -0.25) is 4.79 Å². The number of anilines is 2. The van der Waals surface area contributed by atoms with Crippen LogP contribution in [0, 0.1) is 0 Å². The van der Waals surface area contributed by atoms with Gasteiger partial charge in [-0.15, -0.1) is 0 Å². The Morgan fingerprint density at radius 2 is 1.79 bits per heavy atom.